The van der Waals surface area contributed by atoms with E-state index in [0.29, 0.717) is 17.6 Å². The summed E-state index contributed by atoms with van der Waals surface area (Å²) in [6.07, 6.45) is 9.20. The fourth-order valence-electron chi connectivity index (χ4n) is 4.19. The summed E-state index contributed by atoms with van der Waals surface area (Å²) < 4.78 is 6.32. The average molecular weight is 314 g/mol. The zero-order valence-corrected chi connectivity index (χ0v) is 15.0. The van der Waals surface area contributed by atoms with Crippen molar-refractivity contribution in [2.75, 3.05) is 0 Å². The average Bonchev–Trinajstić information content (AvgIpc) is 2.46. The van der Waals surface area contributed by atoms with Gasteiger partial charge in [-0.05, 0) is 68.7 Å². The van der Waals surface area contributed by atoms with Crippen molar-refractivity contribution in [1.82, 2.24) is 0 Å². The lowest BCUT2D eigenvalue weighted by Gasteiger charge is -2.43. The van der Waals surface area contributed by atoms with Gasteiger partial charge in [-0.1, -0.05) is 32.8 Å². The van der Waals surface area contributed by atoms with Gasteiger partial charge in [0, 0.05) is 11.5 Å². The number of allylic oxidation sites excluding steroid dienone is 1. The number of ether oxygens (including phenoxy) is 1. The molecule has 0 saturated heterocycles. The smallest absolute Gasteiger partial charge is 0.128 e. The van der Waals surface area contributed by atoms with Gasteiger partial charge in [0.2, 0.25) is 0 Å². The van der Waals surface area contributed by atoms with Gasteiger partial charge in [0.1, 0.15) is 17.1 Å². The third-order valence-corrected chi connectivity index (χ3v) is 5.41. The van der Waals surface area contributed by atoms with Crippen molar-refractivity contribution in [1.29, 1.82) is 0 Å². The summed E-state index contributed by atoms with van der Waals surface area (Å²) in [6.45, 7) is 8.83. The summed E-state index contributed by atoms with van der Waals surface area (Å²) in [7, 11) is 0. The Morgan fingerprint density at radius 1 is 1.26 bits per heavy atom. The van der Waals surface area contributed by atoms with E-state index in [-0.39, 0.29) is 5.60 Å². The lowest BCUT2D eigenvalue weighted by Crippen LogP contribution is -2.39. The molecule has 0 unspecified atom stereocenters. The van der Waals surface area contributed by atoms with Crippen LogP contribution in [0.25, 0.3) is 0 Å². The molecule has 1 aromatic rings. The van der Waals surface area contributed by atoms with Crippen LogP contribution in [0.4, 0.5) is 0 Å². The first kappa shape index (κ1) is 16.4. The number of fused-ring (bicyclic) bond motifs is 3. The Balaban J connectivity index is 1.98. The van der Waals surface area contributed by atoms with Crippen LogP contribution in [-0.2, 0) is 6.42 Å². The van der Waals surface area contributed by atoms with Crippen LogP contribution in [0, 0.1) is 5.92 Å². The number of hydrogen-bond donors (Lipinski definition) is 1. The number of phenolic OH excluding ortho intramolecular Hbond substituents is 1. The van der Waals surface area contributed by atoms with E-state index in [1.165, 1.54) is 30.4 Å². The van der Waals surface area contributed by atoms with Crippen molar-refractivity contribution in [2.45, 2.75) is 77.7 Å². The Morgan fingerprint density at radius 3 is 2.78 bits per heavy atom. The maximum Gasteiger partial charge on any atom is 0.128 e. The molecule has 0 radical (unpaired) electrons. The fourth-order valence-corrected chi connectivity index (χ4v) is 4.19. The molecular weight excluding hydrogens is 284 g/mol. The Kier molecular flexibility index (Phi) is 4.44. The number of rotatable bonds is 4. The standard InChI is InChI=1S/C21H30O2/c1-5-6-7-8-15-12-18(22)20-16-11-14(2)9-10-17(16)21(3,4)23-19(20)13-15/h10,12-14,16,22H,5-9,11H2,1-4H3/t14-,16+/m0/s1. The van der Waals surface area contributed by atoms with E-state index >= 15 is 0 Å². The summed E-state index contributed by atoms with van der Waals surface area (Å²) in [5, 5.41) is 10.7. The molecule has 1 heterocycles. The molecule has 1 aliphatic carbocycles. The highest BCUT2D eigenvalue weighted by Crippen LogP contribution is 2.53. The molecule has 23 heavy (non-hydrogen) atoms. The second-order valence-corrected chi connectivity index (χ2v) is 7.88. The molecule has 0 saturated carbocycles. The van der Waals surface area contributed by atoms with Gasteiger partial charge in [-0.3, -0.25) is 0 Å². The lowest BCUT2D eigenvalue weighted by molar-refractivity contribution is 0.117. The third-order valence-electron chi connectivity index (χ3n) is 5.41. The molecule has 0 spiro atoms. The van der Waals surface area contributed by atoms with E-state index in [2.05, 4.69) is 39.8 Å². The number of phenols is 1. The molecule has 2 aliphatic rings. The van der Waals surface area contributed by atoms with Gasteiger partial charge in [-0.2, -0.15) is 0 Å². The monoisotopic (exact) mass is 314 g/mol. The van der Waals surface area contributed by atoms with Gasteiger partial charge >= 0.3 is 0 Å². The van der Waals surface area contributed by atoms with Gasteiger partial charge in [0.15, 0.2) is 0 Å². The number of unbranched alkanes of at least 4 members (excludes halogenated alkanes) is 2. The second-order valence-electron chi connectivity index (χ2n) is 7.88. The van der Waals surface area contributed by atoms with Crippen molar-refractivity contribution in [3.63, 3.8) is 0 Å². The number of benzene rings is 1. The Morgan fingerprint density at radius 2 is 2.04 bits per heavy atom. The molecule has 3 rings (SSSR count). The molecule has 0 amide bonds. The zero-order chi connectivity index (χ0) is 16.6. The van der Waals surface area contributed by atoms with Gasteiger partial charge in [-0.25, -0.2) is 0 Å². The number of aryl methyl sites for hydroxylation is 1. The number of hydrogen-bond acceptors (Lipinski definition) is 2. The quantitative estimate of drug-likeness (QED) is 0.567. The van der Waals surface area contributed by atoms with Crippen LogP contribution in [0.2, 0.25) is 0 Å². The maximum absolute atomic E-state index is 10.7. The highest BCUT2D eigenvalue weighted by Gasteiger charge is 2.42. The van der Waals surface area contributed by atoms with E-state index < -0.39 is 0 Å². The minimum atomic E-state index is -0.272. The number of aromatic hydroxyl groups is 1. The molecule has 2 heteroatoms. The first-order valence-corrected chi connectivity index (χ1v) is 9.17. The first-order valence-electron chi connectivity index (χ1n) is 9.17. The molecule has 2 atom stereocenters. The molecule has 0 fully saturated rings. The predicted molar refractivity (Wildman–Crippen MR) is 95.3 cm³/mol. The topological polar surface area (TPSA) is 29.5 Å². The highest BCUT2D eigenvalue weighted by atomic mass is 16.5. The molecule has 1 aliphatic heterocycles. The van der Waals surface area contributed by atoms with Crippen LogP contribution in [0.15, 0.2) is 23.8 Å². The first-order chi connectivity index (χ1) is 10.9. The van der Waals surface area contributed by atoms with Crippen LogP contribution in [-0.4, -0.2) is 10.7 Å². The van der Waals surface area contributed by atoms with Crippen molar-refractivity contribution in [3.8, 4) is 11.5 Å². The Hall–Kier alpha value is -1.44. The zero-order valence-electron chi connectivity index (χ0n) is 15.0. The van der Waals surface area contributed by atoms with Crippen LogP contribution in [0.1, 0.15) is 76.8 Å². The fraction of sp³-hybridized carbons (Fsp3) is 0.619. The molecule has 1 aromatic carbocycles. The lowest BCUT2D eigenvalue weighted by atomic mass is 9.70. The summed E-state index contributed by atoms with van der Waals surface area (Å²) in [5.41, 5.74) is 3.28. The van der Waals surface area contributed by atoms with Gasteiger partial charge in [0.05, 0.1) is 0 Å². The highest BCUT2D eigenvalue weighted by molar-refractivity contribution is 5.56. The minimum absolute atomic E-state index is 0.272. The molecule has 0 aromatic heterocycles. The summed E-state index contributed by atoms with van der Waals surface area (Å²) in [5.74, 6) is 2.29. The van der Waals surface area contributed by atoms with Crippen molar-refractivity contribution >= 4 is 0 Å². The van der Waals surface area contributed by atoms with E-state index in [1.807, 2.05) is 6.07 Å². The van der Waals surface area contributed by atoms with E-state index in [1.54, 1.807) is 0 Å². The second kappa shape index (κ2) is 6.22. The SMILES string of the molecule is CCCCCc1cc(O)c2c(c1)OC(C)(C)C1=CC[C@H](C)C[C@H]12. The largest absolute Gasteiger partial charge is 0.507 e. The summed E-state index contributed by atoms with van der Waals surface area (Å²) in [4.78, 5) is 0. The van der Waals surface area contributed by atoms with Crippen LogP contribution in [0.3, 0.4) is 0 Å². The Labute approximate surface area is 140 Å². The van der Waals surface area contributed by atoms with E-state index in [4.69, 9.17) is 4.74 Å². The van der Waals surface area contributed by atoms with E-state index in [9.17, 15) is 5.11 Å². The van der Waals surface area contributed by atoms with Crippen LogP contribution < -0.4 is 4.74 Å². The molecule has 126 valence electrons. The molecular formula is C21H30O2. The molecule has 2 nitrogen and oxygen atoms in total. The van der Waals surface area contributed by atoms with Crippen molar-refractivity contribution < 1.29 is 9.84 Å². The van der Waals surface area contributed by atoms with Crippen LogP contribution in [0.5, 0.6) is 11.5 Å². The maximum atomic E-state index is 10.7. The summed E-state index contributed by atoms with van der Waals surface area (Å²) in [6, 6.07) is 4.13. The van der Waals surface area contributed by atoms with Crippen LogP contribution >= 0.6 is 0 Å². The third kappa shape index (κ3) is 3.13. The predicted octanol–water partition coefficient (Wildman–Crippen LogP) is 5.74. The van der Waals surface area contributed by atoms with E-state index in [0.717, 1.165) is 30.6 Å². The van der Waals surface area contributed by atoms with Gasteiger partial charge < -0.3 is 9.84 Å². The molecule has 1 N–H and O–H groups in total. The van der Waals surface area contributed by atoms with Gasteiger partial charge in [-0.15, -0.1) is 0 Å². The minimum Gasteiger partial charge on any atom is -0.507 e. The van der Waals surface area contributed by atoms with Gasteiger partial charge in [0.25, 0.3) is 0 Å². The molecule has 0 bridgehead atoms. The Bertz CT molecular complexity index is 613. The normalized spacial score (nSPS) is 25.1. The van der Waals surface area contributed by atoms with Crippen molar-refractivity contribution in [2.24, 2.45) is 5.92 Å². The van der Waals surface area contributed by atoms with Crippen molar-refractivity contribution in [3.05, 3.63) is 34.9 Å². The summed E-state index contributed by atoms with van der Waals surface area (Å²) >= 11 is 0.